The van der Waals surface area contributed by atoms with Crippen molar-refractivity contribution in [3.63, 3.8) is 0 Å². The molecule has 0 aliphatic carbocycles. The summed E-state index contributed by atoms with van der Waals surface area (Å²) in [6, 6.07) is 3.82. The van der Waals surface area contributed by atoms with Crippen LogP contribution in [0.15, 0.2) is 18.2 Å². The van der Waals surface area contributed by atoms with Crippen LogP contribution in [-0.4, -0.2) is 31.5 Å². The van der Waals surface area contributed by atoms with Crippen molar-refractivity contribution in [1.82, 2.24) is 5.32 Å². The van der Waals surface area contributed by atoms with Crippen molar-refractivity contribution in [2.45, 2.75) is 25.8 Å². The summed E-state index contributed by atoms with van der Waals surface area (Å²) in [6.45, 7) is 3.95. The molecule has 1 heterocycles. The number of rotatable bonds is 5. The zero-order valence-electron chi connectivity index (χ0n) is 11.7. The highest BCUT2D eigenvalue weighted by Gasteiger charge is 2.32. The molecule has 1 aromatic rings. The lowest BCUT2D eigenvalue weighted by atomic mass is 9.80. The Morgan fingerprint density at radius 3 is 2.60 bits per heavy atom. The van der Waals surface area contributed by atoms with Gasteiger partial charge in [0.25, 0.3) is 0 Å². The molecule has 20 heavy (non-hydrogen) atoms. The van der Waals surface area contributed by atoms with Gasteiger partial charge in [-0.2, -0.15) is 0 Å². The lowest BCUT2D eigenvalue weighted by Gasteiger charge is -2.36. The van der Waals surface area contributed by atoms with Gasteiger partial charge in [-0.1, -0.05) is 6.07 Å². The summed E-state index contributed by atoms with van der Waals surface area (Å²) in [5, 5.41) is 12.9. The van der Waals surface area contributed by atoms with Crippen LogP contribution in [0.3, 0.4) is 0 Å². The molecule has 0 aromatic heterocycles. The highest BCUT2D eigenvalue weighted by molar-refractivity contribution is 5.20. The van der Waals surface area contributed by atoms with E-state index < -0.39 is 11.6 Å². The second-order valence-electron chi connectivity index (χ2n) is 5.55. The van der Waals surface area contributed by atoms with Crippen molar-refractivity contribution in [1.29, 1.82) is 0 Å². The standard InChI is InChI=1S/C15H21F2NO2/c1-11(12-2-3-13(16)14(17)8-12)18-9-15(10-19)4-6-20-7-5-15/h2-3,8,11,18-19H,4-7,9-10H2,1H3. The number of ether oxygens (including phenoxy) is 1. The summed E-state index contributed by atoms with van der Waals surface area (Å²) >= 11 is 0. The Morgan fingerprint density at radius 2 is 2.00 bits per heavy atom. The smallest absolute Gasteiger partial charge is 0.159 e. The number of aliphatic hydroxyl groups excluding tert-OH is 1. The maximum atomic E-state index is 13.2. The van der Waals surface area contributed by atoms with E-state index in [0.29, 0.717) is 25.3 Å². The lowest BCUT2D eigenvalue weighted by molar-refractivity contribution is -0.0163. The van der Waals surface area contributed by atoms with Gasteiger partial charge in [-0.15, -0.1) is 0 Å². The lowest BCUT2D eigenvalue weighted by Crippen LogP contribution is -2.42. The number of hydrogen-bond donors (Lipinski definition) is 2. The first-order valence-corrected chi connectivity index (χ1v) is 6.93. The van der Waals surface area contributed by atoms with E-state index in [0.717, 1.165) is 18.9 Å². The molecule has 0 bridgehead atoms. The summed E-state index contributed by atoms with van der Waals surface area (Å²) in [5.74, 6) is -1.67. The summed E-state index contributed by atoms with van der Waals surface area (Å²) in [4.78, 5) is 0. The van der Waals surface area contributed by atoms with Crippen LogP contribution >= 0.6 is 0 Å². The zero-order valence-corrected chi connectivity index (χ0v) is 11.7. The van der Waals surface area contributed by atoms with Gasteiger partial charge in [0.2, 0.25) is 0 Å². The van der Waals surface area contributed by atoms with Gasteiger partial charge in [0.05, 0.1) is 6.61 Å². The van der Waals surface area contributed by atoms with E-state index in [1.165, 1.54) is 6.07 Å². The van der Waals surface area contributed by atoms with Crippen molar-refractivity contribution >= 4 is 0 Å². The Hall–Kier alpha value is -1.04. The molecule has 1 atom stereocenters. The van der Waals surface area contributed by atoms with Crippen molar-refractivity contribution < 1.29 is 18.6 Å². The molecule has 0 saturated carbocycles. The van der Waals surface area contributed by atoms with E-state index in [4.69, 9.17) is 4.74 Å². The normalized spacial score (nSPS) is 19.8. The molecule has 1 aliphatic rings. The Morgan fingerprint density at radius 1 is 1.30 bits per heavy atom. The Kier molecular flexibility index (Phi) is 5.07. The van der Waals surface area contributed by atoms with Crippen molar-refractivity contribution in [3.8, 4) is 0 Å². The monoisotopic (exact) mass is 285 g/mol. The molecule has 1 unspecified atom stereocenters. The fourth-order valence-electron chi connectivity index (χ4n) is 2.46. The largest absolute Gasteiger partial charge is 0.396 e. The maximum absolute atomic E-state index is 13.2. The number of halogens is 2. The average Bonchev–Trinajstić information content (AvgIpc) is 2.48. The third-order valence-electron chi connectivity index (χ3n) is 4.12. The molecular weight excluding hydrogens is 264 g/mol. The van der Waals surface area contributed by atoms with Gasteiger partial charge in [-0.3, -0.25) is 0 Å². The summed E-state index contributed by atoms with van der Waals surface area (Å²) < 4.78 is 31.4. The van der Waals surface area contributed by atoms with Crippen LogP contribution in [0.4, 0.5) is 8.78 Å². The molecular formula is C15H21F2NO2. The molecule has 3 nitrogen and oxygen atoms in total. The van der Waals surface area contributed by atoms with Gasteiger partial charge in [0.1, 0.15) is 0 Å². The predicted octanol–water partition coefficient (Wildman–Crippen LogP) is 2.40. The van der Waals surface area contributed by atoms with Gasteiger partial charge in [-0.25, -0.2) is 8.78 Å². The minimum Gasteiger partial charge on any atom is -0.396 e. The van der Waals surface area contributed by atoms with E-state index in [1.54, 1.807) is 6.07 Å². The van der Waals surface area contributed by atoms with Crippen LogP contribution in [0.1, 0.15) is 31.4 Å². The SMILES string of the molecule is CC(NCC1(CO)CCOCC1)c1ccc(F)c(F)c1. The van der Waals surface area contributed by atoms with Crippen LogP contribution in [0.2, 0.25) is 0 Å². The van der Waals surface area contributed by atoms with Gasteiger partial charge in [0, 0.05) is 31.2 Å². The highest BCUT2D eigenvalue weighted by atomic mass is 19.2. The van der Waals surface area contributed by atoms with Crippen molar-refractivity contribution in [2.75, 3.05) is 26.4 Å². The Balaban J connectivity index is 1.96. The maximum Gasteiger partial charge on any atom is 0.159 e. The number of hydrogen-bond acceptors (Lipinski definition) is 3. The van der Waals surface area contributed by atoms with Crippen LogP contribution in [0.5, 0.6) is 0 Å². The molecule has 1 saturated heterocycles. The first-order chi connectivity index (χ1) is 9.56. The van der Waals surface area contributed by atoms with E-state index >= 15 is 0 Å². The van der Waals surface area contributed by atoms with Gasteiger partial charge in [-0.05, 0) is 37.5 Å². The average molecular weight is 285 g/mol. The van der Waals surface area contributed by atoms with Crippen molar-refractivity contribution in [3.05, 3.63) is 35.4 Å². The molecule has 1 fully saturated rings. The predicted molar refractivity (Wildman–Crippen MR) is 72.3 cm³/mol. The van der Waals surface area contributed by atoms with E-state index in [1.807, 2.05) is 6.92 Å². The summed E-state index contributed by atoms with van der Waals surface area (Å²) in [6.07, 6.45) is 1.61. The van der Waals surface area contributed by atoms with Gasteiger partial charge < -0.3 is 15.2 Å². The molecule has 0 radical (unpaired) electrons. The molecule has 0 spiro atoms. The zero-order chi connectivity index (χ0) is 14.6. The minimum atomic E-state index is -0.836. The third kappa shape index (κ3) is 3.53. The van der Waals surface area contributed by atoms with Crippen LogP contribution < -0.4 is 5.32 Å². The molecule has 1 aromatic carbocycles. The van der Waals surface area contributed by atoms with Gasteiger partial charge in [0.15, 0.2) is 11.6 Å². The van der Waals surface area contributed by atoms with E-state index in [-0.39, 0.29) is 18.1 Å². The molecule has 2 rings (SSSR count). The Labute approximate surface area is 117 Å². The second-order valence-corrected chi connectivity index (χ2v) is 5.55. The number of nitrogens with one attached hydrogen (secondary N) is 1. The van der Waals surface area contributed by atoms with Crippen LogP contribution in [-0.2, 0) is 4.74 Å². The highest BCUT2D eigenvalue weighted by Crippen LogP contribution is 2.30. The fourth-order valence-corrected chi connectivity index (χ4v) is 2.46. The number of aliphatic hydroxyl groups is 1. The third-order valence-corrected chi connectivity index (χ3v) is 4.12. The van der Waals surface area contributed by atoms with Crippen LogP contribution in [0.25, 0.3) is 0 Å². The molecule has 2 N–H and O–H groups in total. The van der Waals surface area contributed by atoms with Crippen molar-refractivity contribution in [2.24, 2.45) is 5.41 Å². The topological polar surface area (TPSA) is 41.5 Å². The quantitative estimate of drug-likeness (QED) is 0.873. The van der Waals surface area contributed by atoms with Gasteiger partial charge >= 0.3 is 0 Å². The molecule has 5 heteroatoms. The van der Waals surface area contributed by atoms with E-state index in [2.05, 4.69) is 5.32 Å². The van der Waals surface area contributed by atoms with E-state index in [9.17, 15) is 13.9 Å². The molecule has 1 aliphatic heterocycles. The minimum absolute atomic E-state index is 0.101. The summed E-state index contributed by atoms with van der Waals surface area (Å²) in [7, 11) is 0. The number of benzene rings is 1. The van der Waals surface area contributed by atoms with Crippen LogP contribution in [0, 0.1) is 17.0 Å². The first kappa shape index (κ1) is 15.4. The second kappa shape index (κ2) is 6.61. The fraction of sp³-hybridized carbons (Fsp3) is 0.600. The summed E-state index contributed by atoms with van der Waals surface area (Å²) in [5.41, 5.74) is 0.523. The Bertz CT molecular complexity index is 447. The molecule has 112 valence electrons. The first-order valence-electron chi connectivity index (χ1n) is 6.93. The molecule has 0 amide bonds.